The Hall–Kier alpha value is -1.42. The van der Waals surface area contributed by atoms with Crippen molar-refractivity contribution in [2.45, 2.75) is 0 Å². The Kier molecular flexibility index (Phi) is 3.59. The molecule has 0 saturated heterocycles. The van der Waals surface area contributed by atoms with Crippen molar-refractivity contribution in [1.82, 2.24) is 0 Å². The van der Waals surface area contributed by atoms with E-state index in [0.717, 1.165) is 0 Å². The normalized spacial score (nSPS) is 10.9. The molecule has 0 atom stereocenters. The van der Waals surface area contributed by atoms with Gasteiger partial charge in [-0.25, -0.2) is 8.78 Å². The zero-order chi connectivity index (χ0) is 10.6. The second kappa shape index (κ2) is 4.72. The lowest BCUT2D eigenvalue weighted by Gasteiger charge is -2.04. The van der Waals surface area contributed by atoms with Crippen LogP contribution in [0.15, 0.2) is 18.2 Å². The van der Waals surface area contributed by atoms with Crippen molar-refractivity contribution in [2.75, 3.05) is 13.7 Å². The summed E-state index contributed by atoms with van der Waals surface area (Å²) in [5.41, 5.74) is 5.63. The zero-order valence-electron chi connectivity index (χ0n) is 7.76. The smallest absolute Gasteiger partial charge is 0.190 e. The van der Waals surface area contributed by atoms with Crippen LogP contribution in [-0.2, 0) is 0 Å². The van der Waals surface area contributed by atoms with Gasteiger partial charge in [-0.15, -0.1) is 0 Å². The summed E-state index contributed by atoms with van der Waals surface area (Å²) in [7, 11) is 1.22. The number of hydrogen-bond donors (Lipinski definition) is 1. The molecule has 0 saturated carbocycles. The lowest BCUT2D eigenvalue weighted by molar-refractivity contribution is 0.360. The summed E-state index contributed by atoms with van der Waals surface area (Å²) in [5.74, 6) is -1.80. The first kappa shape index (κ1) is 10.7. The van der Waals surface area contributed by atoms with E-state index in [4.69, 9.17) is 5.73 Å². The van der Waals surface area contributed by atoms with Gasteiger partial charge < -0.3 is 10.5 Å². The molecule has 0 aliphatic heterocycles. The molecular weight excluding hydrogens is 188 g/mol. The molecule has 1 rings (SSSR count). The van der Waals surface area contributed by atoms with Gasteiger partial charge >= 0.3 is 0 Å². The van der Waals surface area contributed by atoms with E-state index >= 15 is 0 Å². The number of halogens is 2. The van der Waals surface area contributed by atoms with Crippen molar-refractivity contribution < 1.29 is 13.5 Å². The molecule has 2 nitrogen and oxygen atoms in total. The fourth-order valence-corrected chi connectivity index (χ4v) is 1.07. The summed E-state index contributed by atoms with van der Waals surface area (Å²) in [6.45, 7) is 0.329. The van der Waals surface area contributed by atoms with E-state index in [-0.39, 0.29) is 5.75 Å². The lowest BCUT2D eigenvalue weighted by atomic mass is 10.2. The molecule has 2 N–H and O–H groups in total. The first-order chi connectivity index (χ1) is 6.69. The number of rotatable bonds is 3. The number of nitrogens with two attached hydrogens (primary N) is 1. The quantitative estimate of drug-likeness (QED) is 0.807. The van der Waals surface area contributed by atoms with Gasteiger partial charge in [0.2, 0.25) is 0 Å². The van der Waals surface area contributed by atoms with Crippen LogP contribution in [0.3, 0.4) is 0 Å². The maximum absolute atomic E-state index is 13.1. The van der Waals surface area contributed by atoms with Crippen molar-refractivity contribution in [2.24, 2.45) is 5.73 Å². The molecule has 0 aromatic heterocycles. The highest BCUT2D eigenvalue weighted by molar-refractivity contribution is 5.51. The van der Waals surface area contributed by atoms with Gasteiger partial charge in [0.05, 0.1) is 7.11 Å². The van der Waals surface area contributed by atoms with E-state index in [1.54, 1.807) is 12.2 Å². The van der Waals surface area contributed by atoms with Crippen molar-refractivity contribution in [1.29, 1.82) is 0 Å². The van der Waals surface area contributed by atoms with E-state index in [0.29, 0.717) is 12.1 Å². The zero-order valence-corrected chi connectivity index (χ0v) is 7.76. The van der Waals surface area contributed by atoms with Gasteiger partial charge in [0.15, 0.2) is 17.4 Å². The van der Waals surface area contributed by atoms with Crippen molar-refractivity contribution in [3.05, 3.63) is 35.4 Å². The molecule has 4 heteroatoms. The van der Waals surface area contributed by atoms with Crippen LogP contribution in [0.4, 0.5) is 8.78 Å². The fourth-order valence-electron chi connectivity index (χ4n) is 1.07. The second-order valence-electron chi connectivity index (χ2n) is 2.66. The average Bonchev–Trinajstić information content (AvgIpc) is 2.14. The Labute approximate surface area is 81.0 Å². The SMILES string of the molecule is COc1c(F)cc(C=CCN)cc1F. The molecule has 0 bridgehead atoms. The Morgan fingerprint density at radius 2 is 1.93 bits per heavy atom. The standard InChI is InChI=1S/C10H11F2NO/c1-14-10-8(11)5-7(3-2-4-13)6-9(10)12/h2-3,5-6H,4,13H2,1H3. The third kappa shape index (κ3) is 2.29. The van der Waals surface area contributed by atoms with Crippen molar-refractivity contribution in [3.63, 3.8) is 0 Å². The molecular formula is C10H11F2NO. The van der Waals surface area contributed by atoms with Gasteiger partial charge in [-0.2, -0.15) is 0 Å². The van der Waals surface area contributed by atoms with E-state index in [2.05, 4.69) is 4.74 Å². The average molecular weight is 199 g/mol. The van der Waals surface area contributed by atoms with E-state index in [9.17, 15) is 8.78 Å². The first-order valence-corrected chi connectivity index (χ1v) is 4.08. The molecule has 0 spiro atoms. The van der Waals surface area contributed by atoms with E-state index in [1.807, 2.05) is 0 Å². The maximum atomic E-state index is 13.1. The van der Waals surface area contributed by atoms with Crippen LogP contribution in [0.2, 0.25) is 0 Å². The van der Waals surface area contributed by atoms with Crippen molar-refractivity contribution in [3.8, 4) is 5.75 Å². The third-order valence-electron chi connectivity index (χ3n) is 1.67. The van der Waals surface area contributed by atoms with Crippen LogP contribution < -0.4 is 10.5 Å². The van der Waals surface area contributed by atoms with Gasteiger partial charge in [-0.1, -0.05) is 12.2 Å². The Balaban J connectivity index is 3.07. The first-order valence-electron chi connectivity index (χ1n) is 4.08. The van der Waals surface area contributed by atoms with Gasteiger partial charge in [-0.3, -0.25) is 0 Å². The molecule has 76 valence electrons. The number of hydrogen-bond acceptors (Lipinski definition) is 2. The van der Waals surface area contributed by atoms with Crippen LogP contribution in [0, 0.1) is 11.6 Å². The second-order valence-corrected chi connectivity index (χ2v) is 2.66. The summed E-state index contributed by atoms with van der Waals surface area (Å²) in [6.07, 6.45) is 3.16. The van der Waals surface area contributed by atoms with Gasteiger partial charge in [0.25, 0.3) is 0 Å². The fraction of sp³-hybridized carbons (Fsp3) is 0.200. The Morgan fingerprint density at radius 3 is 2.36 bits per heavy atom. The van der Waals surface area contributed by atoms with Gasteiger partial charge in [0, 0.05) is 6.54 Å². The van der Waals surface area contributed by atoms with Gasteiger partial charge in [-0.05, 0) is 17.7 Å². The molecule has 0 fully saturated rings. The maximum Gasteiger partial charge on any atom is 0.190 e. The largest absolute Gasteiger partial charge is 0.491 e. The predicted molar refractivity (Wildman–Crippen MR) is 51.0 cm³/mol. The summed E-state index contributed by atoms with van der Waals surface area (Å²) in [5, 5.41) is 0. The highest BCUT2D eigenvalue weighted by atomic mass is 19.1. The predicted octanol–water partition coefficient (Wildman–Crippen LogP) is 1.95. The third-order valence-corrected chi connectivity index (χ3v) is 1.67. The molecule has 1 aromatic rings. The molecule has 0 heterocycles. The van der Waals surface area contributed by atoms with Crippen LogP contribution in [0.5, 0.6) is 5.75 Å². The molecule has 14 heavy (non-hydrogen) atoms. The summed E-state index contributed by atoms with van der Waals surface area (Å²) in [6, 6.07) is 2.38. The minimum absolute atomic E-state index is 0.329. The number of methoxy groups -OCH3 is 1. The summed E-state index contributed by atoms with van der Waals surface area (Å²) in [4.78, 5) is 0. The van der Waals surface area contributed by atoms with Crippen molar-refractivity contribution >= 4 is 6.08 Å². The Bertz CT molecular complexity index is 327. The highest BCUT2D eigenvalue weighted by Crippen LogP contribution is 2.23. The van der Waals surface area contributed by atoms with E-state index in [1.165, 1.54) is 19.2 Å². The molecule has 0 amide bonds. The molecule has 0 aliphatic rings. The summed E-state index contributed by atoms with van der Waals surface area (Å²) < 4.78 is 30.8. The monoisotopic (exact) mass is 199 g/mol. The minimum Gasteiger partial charge on any atom is -0.491 e. The molecule has 0 radical (unpaired) electrons. The molecule has 0 unspecified atom stereocenters. The van der Waals surface area contributed by atoms with Crippen LogP contribution >= 0.6 is 0 Å². The summed E-state index contributed by atoms with van der Waals surface area (Å²) >= 11 is 0. The highest BCUT2D eigenvalue weighted by Gasteiger charge is 2.09. The van der Waals surface area contributed by atoms with Crippen LogP contribution in [-0.4, -0.2) is 13.7 Å². The minimum atomic E-state index is -0.718. The number of ether oxygens (including phenoxy) is 1. The van der Waals surface area contributed by atoms with Crippen LogP contribution in [0.1, 0.15) is 5.56 Å². The molecule has 1 aromatic carbocycles. The lowest BCUT2D eigenvalue weighted by Crippen LogP contribution is -1.94. The van der Waals surface area contributed by atoms with E-state index < -0.39 is 11.6 Å². The Morgan fingerprint density at radius 1 is 1.36 bits per heavy atom. The molecule has 0 aliphatic carbocycles. The topological polar surface area (TPSA) is 35.2 Å². The van der Waals surface area contributed by atoms with Crippen LogP contribution in [0.25, 0.3) is 6.08 Å². The van der Waals surface area contributed by atoms with Gasteiger partial charge in [0.1, 0.15) is 0 Å². The number of benzene rings is 1.